The Hall–Kier alpha value is -3.35. The number of hydrogen-bond donors (Lipinski definition) is 2. The Labute approximate surface area is 136 Å². The van der Waals surface area contributed by atoms with Crippen molar-refractivity contribution in [2.24, 2.45) is 0 Å². The van der Waals surface area contributed by atoms with Crippen molar-refractivity contribution < 1.29 is 18.7 Å². The lowest BCUT2D eigenvalue weighted by atomic mass is 10.1. The Morgan fingerprint density at radius 3 is 2.83 bits per heavy atom. The molecule has 1 amide bonds. The zero-order valence-electron chi connectivity index (χ0n) is 12.8. The van der Waals surface area contributed by atoms with Gasteiger partial charge in [-0.1, -0.05) is 12.1 Å². The highest BCUT2D eigenvalue weighted by Crippen LogP contribution is 2.17. The lowest BCUT2D eigenvalue weighted by Crippen LogP contribution is -2.20. The van der Waals surface area contributed by atoms with Gasteiger partial charge in [0.1, 0.15) is 5.75 Å². The van der Waals surface area contributed by atoms with Gasteiger partial charge in [0, 0.05) is 11.3 Å². The molecule has 0 atom stereocenters. The maximum Gasteiger partial charge on any atom is 0.417 e. The van der Waals surface area contributed by atoms with E-state index in [1.165, 1.54) is 6.92 Å². The van der Waals surface area contributed by atoms with E-state index >= 15 is 0 Å². The van der Waals surface area contributed by atoms with Crippen molar-refractivity contribution in [3.05, 3.63) is 58.6 Å². The standard InChI is InChI=1S/C17H14N2O5/c1-10(20)11-3-2-4-13(7-11)23-9-16(21)18-12-5-6-15-14(8-12)19-17(22)24-15/h2-8H,9H2,1H3,(H,18,21)(H,19,22). The Morgan fingerprint density at radius 1 is 1.21 bits per heavy atom. The van der Waals surface area contributed by atoms with E-state index < -0.39 is 5.76 Å². The number of Topliss-reactive ketones (excluding diaryl/α,β-unsaturated/α-hetero) is 1. The molecule has 0 bridgehead atoms. The summed E-state index contributed by atoms with van der Waals surface area (Å²) in [5, 5.41) is 2.66. The number of nitrogens with one attached hydrogen (secondary N) is 2. The lowest BCUT2D eigenvalue weighted by Gasteiger charge is -2.08. The molecule has 0 radical (unpaired) electrons. The molecule has 7 heteroatoms. The van der Waals surface area contributed by atoms with Gasteiger partial charge < -0.3 is 14.5 Å². The lowest BCUT2D eigenvalue weighted by molar-refractivity contribution is -0.118. The molecule has 0 aliphatic carbocycles. The van der Waals surface area contributed by atoms with Crippen molar-refractivity contribution in [1.29, 1.82) is 0 Å². The van der Waals surface area contributed by atoms with Crippen LogP contribution in [0.4, 0.5) is 5.69 Å². The number of amides is 1. The number of ketones is 1. The highest BCUT2D eigenvalue weighted by atomic mass is 16.5. The minimum atomic E-state index is -0.554. The number of aromatic amines is 1. The van der Waals surface area contributed by atoms with Crippen molar-refractivity contribution in [3.8, 4) is 5.75 Å². The molecular formula is C17H14N2O5. The number of hydrogen-bond acceptors (Lipinski definition) is 5. The average molecular weight is 326 g/mol. The topological polar surface area (TPSA) is 101 Å². The molecule has 3 aromatic rings. The second kappa shape index (κ2) is 6.41. The van der Waals surface area contributed by atoms with Crippen molar-refractivity contribution in [2.45, 2.75) is 6.92 Å². The van der Waals surface area contributed by atoms with Gasteiger partial charge in [0.15, 0.2) is 18.0 Å². The average Bonchev–Trinajstić information content (AvgIpc) is 2.92. The molecule has 122 valence electrons. The highest BCUT2D eigenvalue weighted by Gasteiger charge is 2.07. The van der Waals surface area contributed by atoms with Crippen molar-refractivity contribution >= 4 is 28.5 Å². The van der Waals surface area contributed by atoms with Crippen LogP contribution in [0, 0.1) is 0 Å². The van der Waals surface area contributed by atoms with Gasteiger partial charge in [0.05, 0.1) is 5.52 Å². The number of fused-ring (bicyclic) bond motifs is 1. The van der Waals surface area contributed by atoms with Crippen LogP contribution in [0.5, 0.6) is 5.75 Å². The number of H-pyrrole nitrogens is 1. The summed E-state index contributed by atoms with van der Waals surface area (Å²) >= 11 is 0. The van der Waals surface area contributed by atoms with Gasteiger partial charge in [-0.2, -0.15) is 0 Å². The molecule has 0 aliphatic rings. The number of carbonyl (C=O) groups excluding carboxylic acids is 2. The molecule has 7 nitrogen and oxygen atoms in total. The monoisotopic (exact) mass is 326 g/mol. The van der Waals surface area contributed by atoms with Crippen LogP contribution in [0.2, 0.25) is 0 Å². The Morgan fingerprint density at radius 2 is 2.04 bits per heavy atom. The molecular weight excluding hydrogens is 312 g/mol. The van der Waals surface area contributed by atoms with Gasteiger partial charge >= 0.3 is 5.76 Å². The fourth-order valence-corrected chi connectivity index (χ4v) is 2.18. The van der Waals surface area contributed by atoms with E-state index in [0.29, 0.717) is 28.1 Å². The largest absolute Gasteiger partial charge is 0.484 e. The fraction of sp³-hybridized carbons (Fsp3) is 0.118. The van der Waals surface area contributed by atoms with E-state index in [4.69, 9.17) is 9.15 Å². The van der Waals surface area contributed by atoms with E-state index in [2.05, 4.69) is 10.3 Å². The molecule has 2 N–H and O–H groups in total. The van der Waals surface area contributed by atoms with Crippen LogP contribution in [0.1, 0.15) is 17.3 Å². The maximum atomic E-state index is 11.9. The third-order valence-electron chi connectivity index (χ3n) is 3.31. The number of carbonyl (C=O) groups is 2. The van der Waals surface area contributed by atoms with Gasteiger partial charge in [-0.3, -0.25) is 14.6 Å². The summed E-state index contributed by atoms with van der Waals surface area (Å²) in [6.07, 6.45) is 0. The van der Waals surface area contributed by atoms with Crippen molar-refractivity contribution in [2.75, 3.05) is 11.9 Å². The highest BCUT2D eigenvalue weighted by molar-refractivity contribution is 5.95. The van der Waals surface area contributed by atoms with E-state index in [1.54, 1.807) is 42.5 Å². The van der Waals surface area contributed by atoms with E-state index in [-0.39, 0.29) is 18.3 Å². The molecule has 2 aromatic carbocycles. The van der Waals surface area contributed by atoms with E-state index in [9.17, 15) is 14.4 Å². The number of aromatic nitrogens is 1. The maximum absolute atomic E-state index is 11.9. The number of benzene rings is 2. The number of ether oxygens (including phenoxy) is 1. The summed E-state index contributed by atoms with van der Waals surface area (Å²) in [7, 11) is 0. The van der Waals surface area contributed by atoms with Crippen LogP contribution in [-0.2, 0) is 4.79 Å². The van der Waals surface area contributed by atoms with Crippen LogP contribution in [0.25, 0.3) is 11.1 Å². The second-order valence-electron chi connectivity index (χ2n) is 5.15. The first-order valence-corrected chi connectivity index (χ1v) is 7.18. The minimum Gasteiger partial charge on any atom is -0.484 e. The molecule has 0 fully saturated rings. The summed E-state index contributed by atoms with van der Waals surface area (Å²) in [6.45, 7) is 1.25. The Balaban J connectivity index is 1.63. The zero-order chi connectivity index (χ0) is 17.1. The van der Waals surface area contributed by atoms with Crippen LogP contribution < -0.4 is 15.8 Å². The minimum absolute atomic E-state index is 0.0766. The summed E-state index contributed by atoms with van der Waals surface area (Å²) in [4.78, 5) is 36.9. The van der Waals surface area contributed by atoms with E-state index in [0.717, 1.165) is 0 Å². The first-order valence-electron chi connectivity index (χ1n) is 7.18. The SMILES string of the molecule is CC(=O)c1cccc(OCC(=O)Nc2ccc3oc(=O)[nH]c3c2)c1. The van der Waals surface area contributed by atoms with Crippen LogP contribution in [0.3, 0.4) is 0 Å². The summed E-state index contributed by atoms with van der Waals surface area (Å²) < 4.78 is 10.3. The quantitative estimate of drug-likeness (QED) is 0.701. The van der Waals surface area contributed by atoms with Crippen LogP contribution >= 0.6 is 0 Å². The van der Waals surface area contributed by atoms with Crippen molar-refractivity contribution in [1.82, 2.24) is 4.98 Å². The third-order valence-corrected chi connectivity index (χ3v) is 3.31. The first-order chi connectivity index (χ1) is 11.5. The molecule has 1 heterocycles. The second-order valence-corrected chi connectivity index (χ2v) is 5.15. The fourth-order valence-electron chi connectivity index (χ4n) is 2.18. The summed E-state index contributed by atoms with van der Waals surface area (Å²) in [6, 6.07) is 11.4. The summed E-state index contributed by atoms with van der Waals surface area (Å²) in [5.74, 6) is -0.560. The Kier molecular flexibility index (Phi) is 4.15. The molecule has 24 heavy (non-hydrogen) atoms. The van der Waals surface area contributed by atoms with E-state index in [1.807, 2.05) is 0 Å². The Bertz CT molecular complexity index is 970. The molecule has 1 aromatic heterocycles. The molecule has 0 spiro atoms. The predicted octanol–water partition coefficient (Wildman–Crippen LogP) is 2.34. The van der Waals surface area contributed by atoms with Crippen LogP contribution in [0.15, 0.2) is 51.7 Å². The van der Waals surface area contributed by atoms with Gasteiger partial charge in [0.2, 0.25) is 0 Å². The molecule has 0 aliphatic heterocycles. The zero-order valence-corrected chi connectivity index (χ0v) is 12.8. The number of rotatable bonds is 5. The van der Waals surface area contributed by atoms with Gasteiger partial charge in [-0.15, -0.1) is 0 Å². The van der Waals surface area contributed by atoms with Crippen LogP contribution in [-0.4, -0.2) is 23.3 Å². The van der Waals surface area contributed by atoms with Crippen molar-refractivity contribution in [3.63, 3.8) is 0 Å². The third kappa shape index (κ3) is 3.52. The molecule has 0 unspecified atom stereocenters. The predicted molar refractivity (Wildman–Crippen MR) is 87.4 cm³/mol. The first kappa shape index (κ1) is 15.5. The smallest absolute Gasteiger partial charge is 0.417 e. The van der Waals surface area contributed by atoms with Gasteiger partial charge in [-0.05, 0) is 37.3 Å². The number of oxazole rings is 1. The molecule has 3 rings (SSSR count). The van der Waals surface area contributed by atoms with Gasteiger partial charge in [0.25, 0.3) is 5.91 Å². The summed E-state index contributed by atoms with van der Waals surface area (Å²) in [5.41, 5.74) is 1.93. The normalized spacial score (nSPS) is 10.5. The molecule has 0 saturated carbocycles. The molecule has 0 saturated heterocycles. The van der Waals surface area contributed by atoms with Gasteiger partial charge in [-0.25, -0.2) is 4.79 Å². The number of anilines is 1.